The van der Waals surface area contributed by atoms with E-state index in [0.29, 0.717) is 11.5 Å². The van der Waals surface area contributed by atoms with Crippen LogP contribution in [-0.4, -0.2) is 64.7 Å². The highest BCUT2D eigenvalue weighted by atomic mass is 16.6. The number of hydrogen-bond donors (Lipinski definition) is 2. The molecule has 0 aliphatic carbocycles. The van der Waals surface area contributed by atoms with Gasteiger partial charge in [-0.25, -0.2) is 9.97 Å². The molecule has 0 spiro atoms. The number of amides is 1. The number of nitrogens with zero attached hydrogens (tertiary/aromatic N) is 3. The minimum Gasteiger partial charge on any atom is -0.387 e. The first kappa shape index (κ1) is 25.6. The molecule has 1 aliphatic heterocycles. The van der Waals surface area contributed by atoms with Crippen molar-refractivity contribution in [3.8, 4) is 0 Å². The highest BCUT2D eigenvalue weighted by molar-refractivity contribution is 6.01. The molecule has 2 N–H and O–H groups in total. The van der Waals surface area contributed by atoms with Gasteiger partial charge in [0.15, 0.2) is 6.23 Å². The lowest BCUT2D eigenvalue weighted by atomic mass is 9.79. The molecule has 0 radical (unpaired) electrons. The summed E-state index contributed by atoms with van der Waals surface area (Å²) in [5, 5.41) is 14.4. The maximum atomic E-state index is 13.2. The molecule has 33 heavy (non-hydrogen) atoms. The fraction of sp³-hybridized carbons (Fsp3) is 0.708. The van der Waals surface area contributed by atoms with Crippen molar-refractivity contribution in [2.75, 3.05) is 26.1 Å². The van der Waals surface area contributed by atoms with Gasteiger partial charge in [-0.3, -0.25) is 4.79 Å². The van der Waals surface area contributed by atoms with E-state index in [2.05, 4.69) is 49.9 Å². The molecule has 2 aromatic rings. The second-order valence-electron chi connectivity index (χ2n) is 10.5. The van der Waals surface area contributed by atoms with Crippen LogP contribution in [0.2, 0.25) is 0 Å². The largest absolute Gasteiger partial charge is 0.387 e. The quantitative estimate of drug-likeness (QED) is 0.620. The summed E-state index contributed by atoms with van der Waals surface area (Å²) in [7, 11) is 3.10. The summed E-state index contributed by atoms with van der Waals surface area (Å²) in [5.74, 6) is 0.482. The Bertz CT molecular complexity index is 968. The van der Waals surface area contributed by atoms with Gasteiger partial charge in [-0.05, 0) is 30.2 Å². The molecule has 3 heterocycles. The number of rotatable bonds is 8. The molecule has 184 valence electrons. The van der Waals surface area contributed by atoms with E-state index < -0.39 is 24.5 Å². The number of nitrogens with one attached hydrogen (secondary N) is 1. The highest BCUT2D eigenvalue weighted by Crippen LogP contribution is 2.37. The van der Waals surface area contributed by atoms with Gasteiger partial charge in [-0.15, -0.1) is 0 Å². The number of anilines is 1. The van der Waals surface area contributed by atoms with Gasteiger partial charge in [0.1, 0.15) is 36.1 Å². The molecular formula is C24H38N4O5. The fourth-order valence-corrected chi connectivity index (χ4v) is 4.56. The Kier molecular flexibility index (Phi) is 7.78. The number of aliphatic hydroxyl groups is 1. The topological polar surface area (TPSA) is 108 Å². The van der Waals surface area contributed by atoms with E-state index in [1.807, 2.05) is 17.7 Å². The lowest BCUT2D eigenvalue weighted by molar-refractivity contribution is -0.122. The molecule has 1 amide bonds. The second-order valence-corrected chi connectivity index (χ2v) is 10.5. The maximum Gasteiger partial charge on any atom is 0.228 e. The summed E-state index contributed by atoms with van der Waals surface area (Å²) in [6.45, 7) is 12.7. The summed E-state index contributed by atoms with van der Waals surface area (Å²) in [5.41, 5.74) is 1.52. The first-order valence-corrected chi connectivity index (χ1v) is 11.5. The number of fused-ring (bicyclic) bond motifs is 1. The minimum absolute atomic E-state index is 0.0288. The van der Waals surface area contributed by atoms with Crippen molar-refractivity contribution in [2.45, 2.75) is 72.5 Å². The van der Waals surface area contributed by atoms with Crippen molar-refractivity contribution in [3.63, 3.8) is 0 Å². The normalized spacial score (nSPS) is 24.5. The average Bonchev–Trinajstić information content (AvgIpc) is 3.23. The number of aryl methyl sites for hydroxylation is 1. The van der Waals surface area contributed by atoms with Gasteiger partial charge < -0.3 is 29.2 Å². The van der Waals surface area contributed by atoms with Gasteiger partial charge in [0.2, 0.25) is 5.91 Å². The first-order valence-electron chi connectivity index (χ1n) is 11.5. The van der Waals surface area contributed by atoms with Crippen molar-refractivity contribution < 1.29 is 24.1 Å². The Hall–Kier alpha value is -2.07. The molecule has 0 saturated carbocycles. The van der Waals surface area contributed by atoms with Crippen molar-refractivity contribution >= 4 is 22.8 Å². The number of carbonyl (C=O) groups is 1. The Morgan fingerprint density at radius 2 is 2.00 bits per heavy atom. The average molecular weight is 463 g/mol. The smallest absolute Gasteiger partial charge is 0.228 e. The Balaban J connectivity index is 1.95. The molecule has 9 heteroatoms. The summed E-state index contributed by atoms with van der Waals surface area (Å²) >= 11 is 0. The van der Waals surface area contributed by atoms with Crippen LogP contribution in [0.5, 0.6) is 0 Å². The number of carbonyl (C=O) groups excluding carboxylic acids is 1. The predicted octanol–water partition coefficient (Wildman–Crippen LogP) is 3.31. The number of aliphatic hydroxyl groups excluding tert-OH is 1. The summed E-state index contributed by atoms with van der Waals surface area (Å²) in [6, 6.07) is 0. The van der Waals surface area contributed by atoms with E-state index >= 15 is 0 Å². The van der Waals surface area contributed by atoms with Crippen molar-refractivity contribution in [1.29, 1.82) is 0 Å². The third-order valence-corrected chi connectivity index (χ3v) is 6.20. The number of aromatic nitrogens is 3. The molecule has 1 fully saturated rings. The first-order chi connectivity index (χ1) is 15.5. The summed E-state index contributed by atoms with van der Waals surface area (Å²) < 4.78 is 18.7. The number of ether oxygens (including phenoxy) is 3. The molecule has 3 rings (SSSR count). The van der Waals surface area contributed by atoms with Crippen molar-refractivity contribution in [3.05, 3.63) is 18.1 Å². The molecule has 5 atom stereocenters. The lowest BCUT2D eigenvalue weighted by Crippen LogP contribution is -2.35. The second kappa shape index (κ2) is 10.0. The molecule has 1 aliphatic rings. The van der Waals surface area contributed by atoms with Gasteiger partial charge in [0.05, 0.1) is 12.0 Å². The van der Waals surface area contributed by atoms with Crippen LogP contribution in [0.3, 0.4) is 0 Å². The van der Waals surface area contributed by atoms with Gasteiger partial charge in [-0.2, -0.15) is 0 Å². The summed E-state index contributed by atoms with van der Waals surface area (Å²) in [6.07, 6.45) is 1.55. The lowest BCUT2D eigenvalue weighted by Gasteiger charge is -2.27. The monoisotopic (exact) mass is 462 g/mol. The molecular weight excluding hydrogens is 424 g/mol. The van der Waals surface area contributed by atoms with Gasteiger partial charge in [0, 0.05) is 26.3 Å². The van der Waals surface area contributed by atoms with Gasteiger partial charge >= 0.3 is 0 Å². The van der Waals surface area contributed by atoms with Crippen LogP contribution in [0.15, 0.2) is 12.5 Å². The molecule has 2 aromatic heterocycles. The third kappa shape index (κ3) is 5.37. The van der Waals surface area contributed by atoms with Crippen molar-refractivity contribution in [1.82, 2.24) is 14.5 Å². The third-order valence-electron chi connectivity index (χ3n) is 6.20. The van der Waals surface area contributed by atoms with Gasteiger partial charge in [0.25, 0.3) is 0 Å². The fourth-order valence-electron chi connectivity index (χ4n) is 4.56. The molecule has 0 aromatic carbocycles. The molecule has 0 bridgehead atoms. The molecule has 2 unspecified atom stereocenters. The molecule has 9 nitrogen and oxygen atoms in total. The van der Waals surface area contributed by atoms with Crippen LogP contribution in [0.1, 0.15) is 52.8 Å². The van der Waals surface area contributed by atoms with E-state index in [4.69, 9.17) is 14.2 Å². The van der Waals surface area contributed by atoms with E-state index in [1.165, 1.54) is 6.33 Å². The SMILES string of the molecule is COC[C@H]1O[C@@H](n2cc(C)c3c(NC(=O)C(CC(C)(C)C)C(C)C)ncnc32)[C@@H](OC)C1O. The zero-order chi connectivity index (χ0) is 24.5. The predicted molar refractivity (Wildman–Crippen MR) is 126 cm³/mol. The van der Waals surface area contributed by atoms with E-state index in [1.54, 1.807) is 14.2 Å². The van der Waals surface area contributed by atoms with Crippen molar-refractivity contribution in [2.24, 2.45) is 17.3 Å². The Labute approximate surface area is 195 Å². The van der Waals surface area contributed by atoms with Crippen LogP contribution in [-0.2, 0) is 19.0 Å². The van der Waals surface area contributed by atoms with E-state index in [-0.39, 0.29) is 29.8 Å². The van der Waals surface area contributed by atoms with Crippen LogP contribution in [0, 0.1) is 24.2 Å². The highest BCUT2D eigenvalue weighted by Gasteiger charge is 2.45. The molecule has 1 saturated heterocycles. The van der Waals surface area contributed by atoms with Crippen LogP contribution >= 0.6 is 0 Å². The Morgan fingerprint density at radius 1 is 1.30 bits per heavy atom. The van der Waals surface area contributed by atoms with E-state index in [9.17, 15) is 9.90 Å². The summed E-state index contributed by atoms with van der Waals surface area (Å²) in [4.78, 5) is 22.1. The van der Waals surface area contributed by atoms with E-state index in [0.717, 1.165) is 17.4 Å². The zero-order valence-corrected chi connectivity index (χ0v) is 21.0. The number of methoxy groups -OCH3 is 2. The standard InChI is InChI=1S/C24H38N4O5/c1-13(2)15(9-24(4,5)6)22(30)27-20-17-14(3)10-28(21(17)26-12-25-20)23-19(32-8)18(29)16(33-23)11-31-7/h10,12-13,15-16,18-19,23,29H,9,11H2,1-8H3,(H,25,26,27,30)/t15?,16-,18?,19+,23-/m1/s1. The van der Waals surface area contributed by atoms with Crippen LogP contribution < -0.4 is 5.32 Å². The number of hydrogen-bond acceptors (Lipinski definition) is 7. The van der Waals surface area contributed by atoms with Crippen LogP contribution in [0.25, 0.3) is 11.0 Å². The zero-order valence-electron chi connectivity index (χ0n) is 21.0. The Morgan fingerprint density at radius 3 is 2.58 bits per heavy atom. The van der Waals surface area contributed by atoms with Crippen LogP contribution in [0.4, 0.5) is 5.82 Å². The maximum absolute atomic E-state index is 13.2. The van der Waals surface area contributed by atoms with Gasteiger partial charge in [-0.1, -0.05) is 34.6 Å². The minimum atomic E-state index is -0.845.